The summed E-state index contributed by atoms with van der Waals surface area (Å²) in [6, 6.07) is 15.5. The zero-order chi connectivity index (χ0) is 31.0. The van der Waals surface area contributed by atoms with E-state index in [4.69, 9.17) is 4.74 Å². The van der Waals surface area contributed by atoms with Gasteiger partial charge in [-0.15, -0.1) is 0 Å². The van der Waals surface area contributed by atoms with E-state index >= 15 is 0 Å². The first-order chi connectivity index (χ1) is 21.9. The summed E-state index contributed by atoms with van der Waals surface area (Å²) >= 11 is 0. The molecular formula is C37H51N5O3. The molecule has 45 heavy (non-hydrogen) atoms. The smallest absolute Gasteiger partial charge is 0.415 e. The molecule has 8 heteroatoms. The molecule has 2 aliphatic carbocycles. The van der Waals surface area contributed by atoms with Gasteiger partial charge in [0.15, 0.2) is 0 Å². The third kappa shape index (κ3) is 6.26. The summed E-state index contributed by atoms with van der Waals surface area (Å²) in [5.74, 6) is 0.329. The molecule has 0 aromatic heterocycles. The molecule has 2 unspecified atom stereocenters. The maximum atomic E-state index is 14.2. The standard InChI is InChI=1S/C37H51N5O3/c1-26-24-40(34-21-28(15-18-33(34)42(26)27(2)43)29-22-39-41(25-29)30-16-17-30)36(44)45-35-23-38-37(32-14-10-9-13-31(32)35)19-11-7-5-3-4-6-8-12-20-37/h9-10,13-15,18,21,26,29-30,35,38-39H,3-8,11-12,16-17,19-20,22-25H2,1-2H3/t26-,29?,35?/m0/s1. The fourth-order valence-corrected chi connectivity index (χ4v) is 8.51. The minimum absolute atomic E-state index is 0.0101. The maximum Gasteiger partial charge on any atom is 0.415 e. The van der Waals surface area contributed by atoms with Crippen LogP contribution in [-0.4, -0.2) is 55.3 Å². The zero-order valence-electron chi connectivity index (χ0n) is 27.2. The van der Waals surface area contributed by atoms with Gasteiger partial charge in [0.2, 0.25) is 5.91 Å². The molecule has 2 amide bonds. The molecule has 3 aliphatic heterocycles. The van der Waals surface area contributed by atoms with Crippen LogP contribution in [-0.2, 0) is 15.1 Å². The molecule has 242 valence electrons. The summed E-state index contributed by atoms with van der Waals surface area (Å²) in [5, 5.41) is 6.32. The Morgan fingerprint density at radius 2 is 1.58 bits per heavy atom. The number of ether oxygens (including phenoxy) is 1. The first-order valence-corrected chi connectivity index (χ1v) is 17.7. The van der Waals surface area contributed by atoms with Crippen molar-refractivity contribution in [3.8, 4) is 0 Å². The topological polar surface area (TPSA) is 77.2 Å². The van der Waals surface area contributed by atoms with E-state index in [-0.39, 0.29) is 29.7 Å². The van der Waals surface area contributed by atoms with Crippen LogP contribution >= 0.6 is 0 Å². The lowest BCUT2D eigenvalue weighted by Gasteiger charge is -2.44. The quantitative estimate of drug-likeness (QED) is 0.392. The van der Waals surface area contributed by atoms with Crippen LogP contribution < -0.4 is 20.5 Å². The SMILES string of the molecule is CC(=O)N1c2ccc(C3CNN(C4CC4)C3)cc2N(C(=O)OC2CNC3(CCCCCCCCCC3)c3ccccc32)C[C@@H]1C. The van der Waals surface area contributed by atoms with Crippen molar-refractivity contribution >= 4 is 23.4 Å². The van der Waals surface area contributed by atoms with E-state index in [0.717, 1.165) is 42.9 Å². The molecule has 1 spiro atoms. The van der Waals surface area contributed by atoms with Crippen molar-refractivity contribution in [2.45, 2.75) is 121 Å². The number of rotatable bonds is 3. The normalized spacial score (nSPS) is 27.4. The number of hydrogen-bond acceptors (Lipinski definition) is 6. The van der Waals surface area contributed by atoms with Crippen LogP contribution in [0, 0.1) is 0 Å². The number of anilines is 2. The van der Waals surface area contributed by atoms with Crippen LogP contribution in [0.5, 0.6) is 0 Å². The van der Waals surface area contributed by atoms with Crippen LogP contribution in [0.2, 0.25) is 0 Å². The molecule has 0 radical (unpaired) electrons. The Kier molecular flexibility index (Phi) is 8.90. The molecule has 2 aromatic rings. The van der Waals surface area contributed by atoms with Crippen molar-refractivity contribution in [3.63, 3.8) is 0 Å². The van der Waals surface area contributed by atoms with E-state index in [1.54, 1.807) is 11.8 Å². The molecule has 7 rings (SSSR count). The predicted octanol–water partition coefficient (Wildman–Crippen LogP) is 6.91. The number of nitrogens with one attached hydrogen (secondary N) is 2. The summed E-state index contributed by atoms with van der Waals surface area (Å²) in [6.07, 6.45) is 14.4. The second-order valence-corrected chi connectivity index (χ2v) is 14.3. The van der Waals surface area contributed by atoms with Gasteiger partial charge in [-0.1, -0.05) is 81.7 Å². The third-order valence-corrected chi connectivity index (χ3v) is 11.1. The van der Waals surface area contributed by atoms with Crippen molar-refractivity contribution in [1.82, 2.24) is 15.8 Å². The highest BCUT2D eigenvalue weighted by atomic mass is 16.6. The van der Waals surface area contributed by atoms with Crippen molar-refractivity contribution < 1.29 is 14.3 Å². The fraction of sp³-hybridized carbons (Fsp3) is 0.622. The van der Waals surface area contributed by atoms with Gasteiger partial charge in [0.05, 0.1) is 17.4 Å². The minimum Gasteiger partial charge on any atom is -0.440 e. The summed E-state index contributed by atoms with van der Waals surface area (Å²) in [5.41, 5.74) is 8.71. The van der Waals surface area contributed by atoms with Gasteiger partial charge in [-0.25, -0.2) is 9.80 Å². The summed E-state index contributed by atoms with van der Waals surface area (Å²) in [6.45, 7) is 6.49. The fourth-order valence-electron chi connectivity index (χ4n) is 8.51. The second-order valence-electron chi connectivity index (χ2n) is 14.3. The van der Waals surface area contributed by atoms with Crippen LogP contribution in [0.4, 0.5) is 16.2 Å². The number of hydrogen-bond donors (Lipinski definition) is 2. The Bertz CT molecular complexity index is 1380. The summed E-state index contributed by atoms with van der Waals surface area (Å²) in [7, 11) is 0. The lowest BCUT2D eigenvalue weighted by Crippen LogP contribution is -2.53. The first-order valence-electron chi connectivity index (χ1n) is 17.7. The van der Waals surface area contributed by atoms with Gasteiger partial charge in [0.1, 0.15) is 6.10 Å². The number of carbonyl (C=O) groups is 2. The Morgan fingerprint density at radius 1 is 0.867 bits per heavy atom. The van der Waals surface area contributed by atoms with E-state index in [9.17, 15) is 9.59 Å². The molecule has 3 heterocycles. The van der Waals surface area contributed by atoms with E-state index in [0.29, 0.717) is 25.0 Å². The third-order valence-electron chi connectivity index (χ3n) is 11.1. The van der Waals surface area contributed by atoms with E-state index in [1.165, 1.54) is 75.3 Å². The highest BCUT2D eigenvalue weighted by molar-refractivity contribution is 6.02. The van der Waals surface area contributed by atoms with Crippen molar-refractivity contribution in [3.05, 3.63) is 59.2 Å². The molecule has 5 aliphatic rings. The lowest BCUT2D eigenvalue weighted by molar-refractivity contribution is -0.117. The van der Waals surface area contributed by atoms with Gasteiger partial charge < -0.3 is 15.0 Å². The highest BCUT2D eigenvalue weighted by Gasteiger charge is 2.42. The number of fused-ring (bicyclic) bond motifs is 3. The molecule has 1 saturated heterocycles. The van der Waals surface area contributed by atoms with Crippen molar-refractivity contribution in [2.75, 3.05) is 36.0 Å². The van der Waals surface area contributed by atoms with Gasteiger partial charge in [0, 0.05) is 50.6 Å². The Hall–Kier alpha value is -2.94. The number of amides is 2. The first kappa shape index (κ1) is 30.7. The molecule has 3 fully saturated rings. The van der Waals surface area contributed by atoms with Gasteiger partial charge in [-0.05, 0) is 61.4 Å². The number of benzene rings is 2. The minimum atomic E-state index is -0.364. The molecule has 2 N–H and O–H groups in total. The zero-order valence-corrected chi connectivity index (χ0v) is 27.2. The Labute approximate surface area is 268 Å². The van der Waals surface area contributed by atoms with Crippen LogP contribution in [0.15, 0.2) is 42.5 Å². The van der Waals surface area contributed by atoms with Crippen LogP contribution in [0.1, 0.15) is 120 Å². The molecule has 2 aromatic carbocycles. The van der Waals surface area contributed by atoms with Gasteiger partial charge in [-0.3, -0.25) is 15.1 Å². The molecule has 3 atom stereocenters. The number of nitrogens with zero attached hydrogens (tertiary/aromatic N) is 3. The average Bonchev–Trinajstić information content (AvgIpc) is 3.78. The van der Waals surface area contributed by atoms with Crippen molar-refractivity contribution in [2.24, 2.45) is 0 Å². The van der Waals surface area contributed by atoms with Gasteiger partial charge >= 0.3 is 6.09 Å². The van der Waals surface area contributed by atoms with Crippen molar-refractivity contribution in [1.29, 1.82) is 0 Å². The molecule has 2 saturated carbocycles. The van der Waals surface area contributed by atoms with Gasteiger partial charge in [-0.2, -0.15) is 0 Å². The maximum absolute atomic E-state index is 14.2. The van der Waals surface area contributed by atoms with Crippen LogP contribution in [0.3, 0.4) is 0 Å². The monoisotopic (exact) mass is 613 g/mol. The Morgan fingerprint density at radius 3 is 2.29 bits per heavy atom. The molecule has 8 nitrogen and oxygen atoms in total. The number of hydrazine groups is 1. The predicted molar refractivity (Wildman–Crippen MR) is 178 cm³/mol. The molecular weight excluding hydrogens is 562 g/mol. The largest absolute Gasteiger partial charge is 0.440 e. The van der Waals surface area contributed by atoms with Gasteiger partial charge in [0.25, 0.3) is 0 Å². The second kappa shape index (κ2) is 13.0. The molecule has 0 bridgehead atoms. The summed E-state index contributed by atoms with van der Waals surface area (Å²) < 4.78 is 6.44. The summed E-state index contributed by atoms with van der Waals surface area (Å²) in [4.78, 5) is 30.6. The number of carbonyl (C=O) groups excluding carboxylic acids is 2. The Balaban J connectivity index is 1.15. The van der Waals surface area contributed by atoms with E-state index in [2.05, 4.69) is 52.1 Å². The average molecular weight is 614 g/mol. The highest BCUT2D eigenvalue weighted by Crippen LogP contribution is 2.44. The lowest BCUT2D eigenvalue weighted by atomic mass is 9.75. The van der Waals surface area contributed by atoms with Crippen LogP contribution in [0.25, 0.3) is 0 Å². The van der Waals surface area contributed by atoms with E-state index in [1.807, 2.05) is 17.9 Å². The van der Waals surface area contributed by atoms with E-state index < -0.39 is 0 Å².